The van der Waals surface area contributed by atoms with Gasteiger partial charge >= 0.3 is 40.5 Å². The minimum absolute atomic E-state index is 0. The Kier molecular flexibility index (Phi) is 48.2. The molecule has 0 unspecified atom stereocenters. The fourth-order valence-electron chi connectivity index (χ4n) is 0. The van der Waals surface area contributed by atoms with Crippen LogP contribution in [-0.2, 0) is 27.6 Å². The van der Waals surface area contributed by atoms with Gasteiger partial charge in [0.05, 0.1) is 0 Å². The van der Waals surface area contributed by atoms with Crippen molar-refractivity contribution in [3.05, 3.63) is 0 Å². The van der Waals surface area contributed by atoms with Crippen molar-refractivity contribution >= 4 is 5.97 Å². The van der Waals surface area contributed by atoms with Gasteiger partial charge in [0.1, 0.15) is 0 Å². The smallest absolute Gasteiger partial charge is 0.412 e. The third kappa shape index (κ3) is 37.5. The van der Waals surface area contributed by atoms with Crippen LogP contribution in [0.3, 0.4) is 0 Å². The predicted molar refractivity (Wildman–Crippen MR) is 22.6 cm³/mol. The van der Waals surface area contributed by atoms with Gasteiger partial charge in [0.2, 0.25) is 0 Å². The Balaban J connectivity index is -0.0000000267. The Morgan fingerprint density at radius 1 is 1.38 bits per heavy atom. The van der Waals surface area contributed by atoms with Crippen LogP contribution in [0.1, 0.15) is 6.92 Å². The van der Waals surface area contributed by atoms with Crippen molar-refractivity contribution in [1.82, 2.24) is 0 Å². The largest absolute Gasteiger partial charge is 0.412 e. The Labute approximate surface area is 57.5 Å². The van der Waals surface area contributed by atoms with Crippen molar-refractivity contribution < 1.29 is 44.0 Å². The number of carbonyl (C=O) groups excluding carboxylic acids is 1. The number of hydrogen-bond donors (Lipinski definition) is 0. The molecule has 0 aromatic rings. The number of hydrogen-bond acceptors (Lipinski definition) is 2. The molecule has 0 aromatic carbocycles. The molecule has 0 amide bonds. The normalized spacial score (nSPS) is 4.38. The molecule has 0 spiro atoms. The van der Waals surface area contributed by atoms with E-state index in [0.717, 1.165) is 0 Å². The van der Waals surface area contributed by atoms with Crippen LogP contribution >= 0.6 is 0 Å². The van der Waals surface area contributed by atoms with E-state index in [1.807, 2.05) is 0 Å². The molecular formula is C2H9IrO5. The molecule has 0 fully saturated rings. The third-order valence-electron chi connectivity index (χ3n) is 0.0958. The monoisotopic (exact) mass is 306 g/mol. The van der Waals surface area contributed by atoms with E-state index < -0.39 is 0 Å². The van der Waals surface area contributed by atoms with E-state index >= 15 is 0 Å². The van der Waals surface area contributed by atoms with Gasteiger partial charge in [-0.3, -0.25) is 0 Å². The Morgan fingerprint density at radius 2 is 1.50 bits per heavy atom. The maximum atomic E-state index is 9.59. The van der Waals surface area contributed by atoms with Gasteiger partial charge in [0.15, 0.2) is 0 Å². The molecule has 8 heavy (non-hydrogen) atoms. The zero-order chi connectivity index (χ0) is 4.28. The molecule has 0 rings (SSSR count). The van der Waals surface area contributed by atoms with Crippen LogP contribution in [0.15, 0.2) is 0 Å². The fourth-order valence-corrected chi connectivity index (χ4v) is 0. The summed E-state index contributed by atoms with van der Waals surface area (Å²) in [6.07, 6.45) is 0. The van der Waals surface area contributed by atoms with E-state index in [0.29, 0.717) is 0 Å². The Morgan fingerprint density at radius 3 is 1.50 bits per heavy atom. The first-order valence-electron chi connectivity index (χ1n) is 1.04. The molecule has 0 aliphatic heterocycles. The summed E-state index contributed by atoms with van der Waals surface area (Å²) in [5.74, 6) is -0.245. The molecular weight excluding hydrogens is 296 g/mol. The van der Waals surface area contributed by atoms with Gasteiger partial charge in [0.25, 0.3) is 0 Å². The van der Waals surface area contributed by atoms with Crippen LogP contribution in [-0.4, -0.2) is 22.4 Å². The molecule has 0 aromatic heterocycles. The zero-order valence-electron chi connectivity index (χ0n) is 4.15. The summed E-state index contributed by atoms with van der Waals surface area (Å²) in [5.41, 5.74) is 0. The molecule has 0 aliphatic rings. The van der Waals surface area contributed by atoms with E-state index in [-0.39, 0.29) is 22.4 Å². The molecule has 0 radical (unpaired) electrons. The topological polar surface area (TPSA) is 121 Å². The molecule has 0 heterocycles. The SMILES string of the molecule is CC(=O)[O][Ir].O.O.O. The molecule has 0 saturated carbocycles. The van der Waals surface area contributed by atoms with Crippen LogP contribution in [0.2, 0.25) is 0 Å². The second kappa shape index (κ2) is 15.8. The third-order valence-corrected chi connectivity index (χ3v) is 0.784. The van der Waals surface area contributed by atoms with Gasteiger partial charge in [-0.25, -0.2) is 0 Å². The summed E-state index contributed by atoms with van der Waals surface area (Å²) < 4.78 is 4.11. The van der Waals surface area contributed by atoms with E-state index in [9.17, 15) is 4.79 Å². The first-order valence-corrected chi connectivity index (χ1v) is 2.02. The van der Waals surface area contributed by atoms with Gasteiger partial charge in [-0.1, -0.05) is 0 Å². The van der Waals surface area contributed by atoms with Crippen molar-refractivity contribution in [2.24, 2.45) is 0 Å². The first kappa shape index (κ1) is 24.5. The summed E-state index contributed by atoms with van der Waals surface area (Å²) >= 11 is 1.35. The van der Waals surface area contributed by atoms with Crippen LogP contribution in [0, 0.1) is 0 Å². The maximum absolute atomic E-state index is 9.59. The van der Waals surface area contributed by atoms with Crippen molar-refractivity contribution in [3.63, 3.8) is 0 Å². The van der Waals surface area contributed by atoms with Crippen LogP contribution in [0.4, 0.5) is 0 Å². The minimum atomic E-state index is -0.245. The maximum Gasteiger partial charge on any atom is -0.412 e. The molecule has 0 atom stereocenters. The van der Waals surface area contributed by atoms with Crippen molar-refractivity contribution in [2.75, 3.05) is 0 Å². The predicted octanol–water partition coefficient (Wildman–Crippen LogP) is -2.46. The van der Waals surface area contributed by atoms with Crippen LogP contribution in [0.25, 0.3) is 0 Å². The van der Waals surface area contributed by atoms with Crippen molar-refractivity contribution in [3.8, 4) is 0 Å². The molecule has 56 valence electrons. The Hall–Kier alpha value is -0.000649. The van der Waals surface area contributed by atoms with E-state index in [2.05, 4.69) is 3.50 Å². The second-order valence-corrected chi connectivity index (χ2v) is 1.05. The van der Waals surface area contributed by atoms with E-state index in [1.165, 1.54) is 26.2 Å². The van der Waals surface area contributed by atoms with Crippen molar-refractivity contribution in [1.29, 1.82) is 0 Å². The van der Waals surface area contributed by atoms with Gasteiger partial charge in [0, 0.05) is 0 Å². The van der Waals surface area contributed by atoms with Gasteiger partial charge in [-0.15, -0.1) is 0 Å². The van der Waals surface area contributed by atoms with Gasteiger partial charge < -0.3 is 16.4 Å². The molecule has 0 saturated heterocycles. The van der Waals surface area contributed by atoms with Crippen LogP contribution in [0.5, 0.6) is 0 Å². The average molecular weight is 305 g/mol. The minimum Gasteiger partial charge on any atom is -0.412 e. The molecule has 0 aliphatic carbocycles. The Bertz CT molecular complexity index is 45.7. The molecule has 6 N–H and O–H groups in total. The standard InChI is InChI=1S/C2H4O2.Ir.3H2O/c1-2(3)4;;;;/h1H3,(H,3,4);;3*1H2/q;+1;;;/p-1. The number of rotatable bonds is 0. The average Bonchev–Trinajstić information content (AvgIpc) is 1.38. The van der Waals surface area contributed by atoms with E-state index in [4.69, 9.17) is 0 Å². The first-order chi connectivity index (χ1) is 2.27. The molecule has 0 bridgehead atoms. The molecule has 5 nitrogen and oxygen atoms in total. The van der Waals surface area contributed by atoms with Crippen LogP contribution < -0.4 is 0 Å². The summed E-state index contributed by atoms with van der Waals surface area (Å²) in [7, 11) is 0. The zero-order valence-corrected chi connectivity index (χ0v) is 6.54. The summed E-state index contributed by atoms with van der Waals surface area (Å²) in [4.78, 5) is 9.59. The van der Waals surface area contributed by atoms with Gasteiger partial charge in [-0.2, -0.15) is 0 Å². The quantitative estimate of drug-likeness (QED) is 0.493. The van der Waals surface area contributed by atoms with E-state index in [1.54, 1.807) is 0 Å². The number of carbonyl (C=O) groups is 1. The second-order valence-electron chi connectivity index (χ2n) is 0.560. The summed E-state index contributed by atoms with van der Waals surface area (Å²) in [6, 6.07) is 0. The summed E-state index contributed by atoms with van der Waals surface area (Å²) in [5, 5.41) is 0. The molecule has 6 heteroatoms. The van der Waals surface area contributed by atoms with Gasteiger partial charge in [-0.05, 0) is 0 Å². The summed E-state index contributed by atoms with van der Waals surface area (Å²) in [6.45, 7) is 1.36. The van der Waals surface area contributed by atoms with Crippen molar-refractivity contribution in [2.45, 2.75) is 6.92 Å². The fraction of sp³-hybridized carbons (Fsp3) is 0.500.